The van der Waals surface area contributed by atoms with Gasteiger partial charge in [0.15, 0.2) is 5.78 Å². The summed E-state index contributed by atoms with van der Waals surface area (Å²) in [5.74, 6) is -0.856. The maximum atomic E-state index is 13.6. The Morgan fingerprint density at radius 1 is 1.29 bits per heavy atom. The molecule has 21 heavy (non-hydrogen) atoms. The van der Waals surface area contributed by atoms with Crippen molar-refractivity contribution in [2.45, 2.75) is 26.2 Å². The van der Waals surface area contributed by atoms with E-state index < -0.39 is 11.7 Å². The van der Waals surface area contributed by atoms with E-state index in [0.717, 1.165) is 18.5 Å². The van der Waals surface area contributed by atoms with Gasteiger partial charge in [-0.2, -0.15) is 0 Å². The van der Waals surface area contributed by atoms with Crippen molar-refractivity contribution in [1.82, 2.24) is 4.98 Å². The lowest BCUT2D eigenvalue weighted by Gasteiger charge is -2.09. The van der Waals surface area contributed by atoms with Crippen molar-refractivity contribution in [3.63, 3.8) is 0 Å². The van der Waals surface area contributed by atoms with Crippen LogP contribution in [-0.4, -0.2) is 16.7 Å². The fourth-order valence-electron chi connectivity index (χ4n) is 2.75. The van der Waals surface area contributed by atoms with Gasteiger partial charge < -0.3 is 10.3 Å². The first kappa shape index (κ1) is 13.5. The summed E-state index contributed by atoms with van der Waals surface area (Å²) in [6.07, 6.45) is 2.06. The lowest BCUT2D eigenvalue weighted by Crippen LogP contribution is -2.14. The molecule has 1 amide bonds. The number of aryl methyl sites for hydroxylation is 1. The summed E-state index contributed by atoms with van der Waals surface area (Å²) in [6, 6.07) is 5.99. The molecule has 0 radical (unpaired) electrons. The van der Waals surface area contributed by atoms with Crippen LogP contribution in [-0.2, 0) is 6.42 Å². The first-order valence-corrected chi connectivity index (χ1v) is 6.88. The number of para-hydroxylation sites is 1. The van der Waals surface area contributed by atoms with Crippen molar-refractivity contribution in [2.75, 3.05) is 5.32 Å². The van der Waals surface area contributed by atoms with Gasteiger partial charge in [0.25, 0.3) is 5.91 Å². The highest BCUT2D eigenvalue weighted by molar-refractivity contribution is 6.08. The number of Topliss-reactive ketones (excluding diaryl/α,β-unsaturated/α-hetero) is 1. The number of benzene rings is 1. The number of aromatic amines is 1. The van der Waals surface area contributed by atoms with Gasteiger partial charge in [0, 0.05) is 17.7 Å². The molecule has 1 aromatic heterocycles. The lowest BCUT2D eigenvalue weighted by molar-refractivity contribution is 0.0971. The Morgan fingerprint density at radius 2 is 2.05 bits per heavy atom. The zero-order chi connectivity index (χ0) is 15.0. The molecule has 0 saturated heterocycles. The topological polar surface area (TPSA) is 62.0 Å². The Bertz CT molecular complexity index is 734. The van der Waals surface area contributed by atoms with E-state index in [1.807, 2.05) is 0 Å². The highest BCUT2D eigenvalue weighted by Gasteiger charge is 2.26. The molecule has 1 aliphatic rings. The minimum Gasteiger partial charge on any atom is -0.354 e. The Morgan fingerprint density at radius 3 is 2.76 bits per heavy atom. The van der Waals surface area contributed by atoms with Gasteiger partial charge >= 0.3 is 0 Å². The number of amides is 1. The fourth-order valence-corrected chi connectivity index (χ4v) is 2.75. The third-order valence-electron chi connectivity index (χ3n) is 3.79. The average Bonchev–Trinajstić information content (AvgIpc) is 2.80. The molecular formula is C16H15FN2O2. The van der Waals surface area contributed by atoms with Crippen LogP contribution in [0.4, 0.5) is 10.1 Å². The van der Waals surface area contributed by atoms with E-state index in [9.17, 15) is 14.0 Å². The molecule has 4 nitrogen and oxygen atoms in total. The normalized spacial score (nSPS) is 13.9. The summed E-state index contributed by atoms with van der Waals surface area (Å²) in [6.45, 7) is 1.74. The average molecular weight is 286 g/mol. The maximum absolute atomic E-state index is 13.6. The van der Waals surface area contributed by atoms with Gasteiger partial charge in [0.05, 0.1) is 5.69 Å². The minimum absolute atomic E-state index is 0.0648. The van der Waals surface area contributed by atoms with Crippen molar-refractivity contribution in [2.24, 2.45) is 0 Å². The third-order valence-corrected chi connectivity index (χ3v) is 3.79. The van der Waals surface area contributed by atoms with Crippen molar-refractivity contribution >= 4 is 17.4 Å². The van der Waals surface area contributed by atoms with Crippen LogP contribution in [0.2, 0.25) is 0 Å². The first-order valence-electron chi connectivity index (χ1n) is 6.88. The van der Waals surface area contributed by atoms with Crippen LogP contribution < -0.4 is 5.32 Å². The maximum Gasteiger partial charge on any atom is 0.272 e. The summed E-state index contributed by atoms with van der Waals surface area (Å²) >= 11 is 0. The number of aromatic nitrogens is 1. The number of rotatable bonds is 2. The Labute approximate surface area is 121 Å². The predicted octanol–water partition coefficient (Wildman–Crippen LogP) is 3.23. The lowest BCUT2D eigenvalue weighted by atomic mass is 9.94. The molecule has 0 spiro atoms. The predicted molar refractivity (Wildman–Crippen MR) is 77.2 cm³/mol. The highest BCUT2D eigenvalue weighted by atomic mass is 19.1. The monoisotopic (exact) mass is 286 g/mol. The molecule has 0 fully saturated rings. The Hall–Kier alpha value is -2.43. The second-order valence-electron chi connectivity index (χ2n) is 5.19. The quantitative estimate of drug-likeness (QED) is 0.890. The molecule has 2 N–H and O–H groups in total. The number of carbonyl (C=O) groups excluding carboxylic acids is 2. The molecule has 2 aromatic rings. The van der Waals surface area contributed by atoms with Crippen LogP contribution in [0.5, 0.6) is 0 Å². The molecular weight excluding hydrogens is 271 g/mol. The standard InChI is InChI=1S/C16H15FN2O2/c1-9-14-12(7-4-8-13(14)20)18-15(9)16(21)19-11-6-3-2-5-10(11)17/h2-3,5-6,18H,4,7-8H2,1H3,(H,19,21). The summed E-state index contributed by atoms with van der Waals surface area (Å²) in [7, 11) is 0. The molecule has 1 aliphatic carbocycles. The van der Waals surface area contributed by atoms with Crippen molar-refractivity contribution in [3.8, 4) is 0 Å². The number of carbonyl (C=O) groups is 2. The number of ketones is 1. The first-order chi connectivity index (χ1) is 10.1. The summed E-state index contributed by atoms with van der Waals surface area (Å²) in [4.78, 5) is 27.3. The summed E-state index contributed by atoms with van der Waals surface area (Å²) < 4.78 is 13.6. The number of hydrogen-bond acceptors (Lipinski definition) is 2. The van der Waals surface area contributed by atoms with Gasteiger partial charge in [-0.25, -0.2) is 4.39 Å². The Kier molecular flexibility index (Phi) is 3.33. The van der Waals surface area contributed by atoms with Crippen LogP contribution in [0.1, 0.15) is 44.9 Å². The van der Waals surface area contributed by atoms with Crippen molar-refractivity contribution < 1.29 is 14.0 Å². The molecule has 0 atom stereocenters. The van der Waals surface area contributed by atoms with Crippen LogP contribution in [0.25, 0.3) is 0 Å². The van der Waals surface area contributed by atoms with Crippen LogP contribution in [0.15, 0.2) is 24.3 Å². The second kappa shape index (κ2) is 5.16. The third kappa shape index (κ3) is 2.35. The SMILES string of the molecule is Cc1c(C(=O)Nc2ccccc2F)[nH]c2c1C(=O)CCC2. The van der Waals surface area contributed by atoms with E-state index in [-0.39, 0.29) is 11.5 Å². The van der Waals surface area contributed by atoms with Gasteiger partial charge in [0.2, 0.25) is 0 Å². The number of nitrogens with one attached hydrogen (secondary N) is 2. The number of hydrogen-bond donors (Lipinski definition) is 2. The van der Waals surface area contributed by atoms with Crippen molar-refractivity contribution in [1.29, 1.82) is 0 Å². The zero-order valence-corrected chi connectivity index (χ0v) is 11.6. The smallest absolute Gasteiger partial charge is 0.272 e. The van der Waals surface area contributed by atoms with E-state index >= 15 is 0 Å². The highest BCUT2D eigenvalue weighted by Crippen LogP contribution is 2.27. The molecule has 0 aliphatic heterocycles. The van der Waals surface area contributed by atoms with Gasteiger partial charge in [-0.15, -0.1) is 0 Å². The number of H-pyrrole nitrogens is 1. The van der Waals surface area contributed by atoms with Gasteiger partial charge in [-0.05, 0) is 37.5 Å². The molecule has 0 unspecified atom stereocenters. The van der Waals surface area contributed by atoms with Crippen molar-refractivity contribution in [3.05, 3.63) is 52.6 Å². The molecule has 0 bridgehead atoms. The fraction of sp³-hybridized carbons (Fsp3) is 0.250. The largest absolute Gasteiger partial charge is 0.354 e. The summed E-state index contributed by atoms with van der Waals surface area (Å²) in [5.41, 5.74) is 2.53. The van der Waals surface area contributed by atoms with E-state index in [0.29, 0.717) is 23.2 Å². The van der Waals surface area contributed by atoms with E-state index in [2.05, 4.69) is 10.3 Å². The summed E-state index contributed by atoms with van der Waals surface area (Å²) in [5, 5.41) is 2.53. The van der Waals surface area contributed by atoms with Crippen LogP contribution >= 0.6 is 0 Å². The van der Waals surface area contributed by atoms with Gasteiger partial charge in [-0.1, -0.05) is 12.1 Å². The Balaban J connectivity index is 1.93. The minimum atomic E-state index is -0.490. The number of anilines is 1. The van der Waals surface area contributed by atoms with Gasteiger partial charge in [0.1, 0.15) is 11.5 Å². The van der Waals surface area contributed by atoms with Crippen LogP contribution in [0, 0.1) is 12.7 Å². The molecule has 3 rings (SSSR count). The van der Waals surface area contributed by atoms with Gasteiger partial charge in [-0.3, -0.25) is 9.59 Å². The molecule has 1 aromatic carbocycles. The van der Waals surface area contributed by atoms with E-state index in [1.165, 1.54) is 12.1 Å². The molecule has 5 heteroatoms. The molecule has 0 saturated carbocycles. The second-order valence-corrected chi connectivity index (χ2v) is 5.19. The molecule has 1 heterocycles. The number of halogens is 1. The molecule has 108 valence electrons. The van der Waals surface area contributed by atoms with E-state index in [4.69, 9.17) is 0 Å². The number of fused-ring (bicyclic) bond motifs is 1. The van der Waals surface area contributed by atoms with E-state index in [1.54, 1.807) is 19.1 Å². The zero-order valence-electron chi connectivity index (χ0n) is 11.6. The van der Waals surface area contributed by atoms with Crippen LogP contribution in [0.3, 0.4) is 0 Å².